The SMILES string of the molecule is O=C(O)C1CCC(CNCC(F)(F)F)CC1. The van der Waals surface area contributed by atoms with E-state index in [1.807, 2.05) is 0 Å². The molecule has 6 heteroatoms. The van der Waals surface area contributed by atoms with E-state index in [2.05, 4.69) is 5.32 Å². The van der Waals surface area contributed by atoms with Crippen molar-refractivity contribution in [3.63, 3.8) is 0 Å². The van der Waals surface area contributed by atoms with Crippen LogP contribution in [0.25, 0.3) is 0 Å². The van der Waals surface area contributed by atoms with Gasteiger partial charge in [0.2, 0.25) is 0 Å². The number of carboxylic acids is 1. The molecule has 1 aliphatic carbocycles. The zero-order valence-corrected chi connectivity index (χ0v) is 8.89. The summed E-state index contributed by atoms with van der Waals surface area (Å²) < 4.78 is 35.5. The molecule has 1 saturated carbocycles. The maximum atomic E-state index is 11.8. The monoisotopic (exact) mass is 239 g/mol. The van der Waals surface area contributed by atoms with Crippen LogP contribution in [0.1, 0.15) is 25.7 Å². The first kappa shape index (κ1) is 13.3. The molecule has 0 bridgehead atoms. The van der Waals surface area contributed by atoms with E-state index in [1.165, 1.54) is 0 Å². The van der Waals surface area contributed by atoms with Crippen LogP contribution < -0.4 is 5.32 Å². The van der Waals surface area contributed by atoms with E-state index in [0.29, 0.717) is 32.2 Å². The number of hydrogen-bond acceptors (Lipinski definition) is 2. The van der Waals surface area contributed by atoms with Gasteiger partial charge >= 0.3 is 12.1 Å². The van der Waals surface area contributed by atoms with Gasteiger partial charge in [-0.1, -0.05) is 0 Å². The second-order valence-corrected chi connectivity index (χ2v) is 4.30. The summed E-state index contributed by atoms with van der Waals surface area (Å²) in [5, 5.41) is 11.1. The Bertz CT molecular complexity index is 235. The summed E-state index contributed by atoms with van der Waals surface area (Å²) in [4.78, 5) is 10.6. The van der Waals surface area contributed by atoms with Gasteiger partial charge in [-0.05, 0) is 38.1 Å². The molecule has 0 amide bonds. The topological polar surface area (TPSA) is 49.3 Å². The van der Waals surface area contributed by atoms with Gasteiger partial charge in [-0.15, -0.1) is 0 Å². The number of carboxylic acid groups (broad SMARTS) is 1. The number of nitrogens with one attached hydrogen (secondary N) is 1. The lowest BCUT2D eigenvalue weighted by atomic mass is 9.82. The molecule has 0 aliphatic heterocycles. The first-order valence-electron chi connectivity index (χ1n) is 5.39. The maximum Gasteiger partial charge on any atom is 0.401 e. The minimum atomic E-state index is -4.17. The van der Waals surface area contributed by atoms with Crippen LogP contribution in [-0.2, 0) is 4.79 Å². The fourth-order valence-corrected chi connectivity index (χ4v) is 2.03. The van der Waals surface area contributed by atoms with Gasteiger partial charge in [0, 0.05) is 0 Å². The summed E-state index contributed by atoms with van der Waals surface area (Å²) in [7, 11) is 0. The molecule has 0 atom stereocenters. The van der Waals surface area contributed by atoms with Crippen molar-refractivity contribution in [2.24, 2.45) is 11.8 Å². The predicted molar refractivity (Wildman–Crippen MR) is 52.0 cm³/mol. The van der Waals surface area contributed by atoms with Gasteiger partial charge in [0.15, 0.2) is 0 Å². The molecule has 1 rings (SSSR count). The second-order valence-electron chi connectivity index (χ2n) is 4.30. The Morgan fingerprint density at radius 1 is 1.25 bits per heavy atom. The van der Waals surface area contributed by atoms with E-state index in [1.54, 1.807) is 0 Å². The minimum absolute atomic E-state index is 0.179. The largest absolute Gasteiger partial charge is 0.481 e. The zero-order valence-electron chi connectivity index (χ0n) is 8.89. The Morgan fingerprint density at radius 3 is 2.25 bits per heavy atom. The molecule has 2 N–H and O–H groups in total. The third kappa shape index (κ3) is 4.83. The van der Waals surface area contributed by atoms with E-state index in [-0.39, 0.29) is 11.8 Å². The maximum absolute atomic E-state index is 11.8. The number of aliphatic carboxylic acids is 1. The molecule has 3 nitrogen and oxygen atoms in total. The quantitative estimate of drug-likeness (QED) is 0.789. The lowest BCUT2D eigenvalue weighted by molar-refractivity contribution is -0.143. The molecule has 0 saturated heterocycles. The first-order chi connectivity index (χ1) is 7.38. The summed E-state index contributed by atoms with van der Waals surface area (Å²) in [6.07, 6.45) is -1.62. The molecular weight excluding hydrogens is 223 g/mol. The van der Waals surface area contributed by atoms with Gasteiger partial charge in [-0.3, -0.25) is 4.79 Å². The van der Waals surface area contributed by atoms with Crippen molar-refractivity contribution in [3.8, 4) is 0 Å². The summed E-state index contributed by atoms with van der Waals surface area (Å²) in [6, 6.07) is 0. The Morgan fingerprint density at radius 2 is 1.81 bits per heavy atom. The molecule has 0 radical (unpaired) electrons. The fourth-order valence-electron chi connectivity index (χ4n) is 2.03. The average molecular weight is 239 g/mol. The molecule has 1 fully saturated rings. The van der Waals surface area contributed by atoms with Crippen LogP contribution in [-0.4, -0.2) is 30.3 Å². The van der Waals surface area contributed by atoms with Gasteiger partial charge in [-0.25, -0.2) is 0 Å². The smallest absolute Gasteiger partial charge is 0.401 e. The number of carbonyl (C=O) groups is 1. The van der Waals surface area contributed by atoms with Crippen LogP contribution in [0.5, 0.6) is 0 Å². The second kappa shape index (κ2) is 5.52. The highest BCUT2D eigenvalue weighted by molar-refractivity contribution is 5.69. The Hall–Kier alpha value is -0.780. The summed E-state index contributed by atoms with van der Waals surface area (Å²) in [5.74, 6) is -0.918. The Kier molecular flexibility index (Phi) is 4.58. The molecule has 0 aromatic rings. The van der Waals surface area contributed by atoms with Gasteiger partial charge in [0.1, 0.15) is 0 Å². The lowest BCUT2D eigenvalue weighted by Crippen LogP contribution is -2.34. The number of rotatable bonds is 4. The highest BCUT2D eigenvalue weighted by Crippen LogP contribution is 2.28. The summed E-state index contributed by atoms with van der Waals surface area (Å²) >= 11 is 0. The lowest BCUT2D eigenvalue weighted by Gasteiger charge is -2.26. The van der Waals surface area contributed by atoms with Crippen molar-refractivity contribution in [1.82, 2.24) is 5.32 Å². The molecule has 16 heavy (non-hydrogen) atoms. The van der Waals surface area contributed by atoms with Crippen LogP contribution in [0, 0.1) is 11.8 Å². The van der Waals surface area contributed by atoms with Gasteiger partial charge in [0.05, 0.1) is 12.5 Å². The fraction of sp³-hybridized carbons (Fsp3) is 0.900. The highest BCUT2D eigenvalue weighted by atomic mass is 19.4. The number of halogens is 3. The van der Waals surface area contributed by atoms with Gasteiger partial charge in [0.25, 0.3) is 0 Å². The van der Waals surface area contributed by atoms with Crippen molar-refractivity contribution in [3.05, 3.63) is 0 Å². The van der Waals surface area contributed by atoms with Crippen LogP contribution in [0.15, 0.2) is 0 Å². The number of hydrogen-bond donors (Lipinski definition) is 2. The van der Waals surface area contributed by atoms with Crippen molar-refractivity contribution in [2.75, 3.05) is 13.1 Å². The molecule has 1 aliphatic rings. The molecule has 94 valence electrons. The zero-order chi connectivity index (χ0) is 12.2. The molecule has 0 aromatic heterocycles. The van der Waals surface area contributed by atoms with E-state index in [0.717, 1.165) is 0 Å². The predicted octanol–water partition coefficient (Wildman–Crippen LogP) is 2.03. The van der Waals surface area contributed by atoms with Crippen LogP contribution in [0.3, 0.4) is 0 Å². The Labute approximate surface area is 92.0 Å². The van der Waals surface area contributed by atoms with Crippen molar-refractivity contribution in [2.45, 2.75) is 31.9 Å². The van der Waals surface area contributed by atoms with Crippen LogP contribution >= 0.6 is 0 Å². The molecule has 0 heterocycles. The van der Waals surface area contributed by atoms with Crippen LogP contribution in [0.2, 0.25) is 0 Å². The third-order valence-corrected chi connectivity index (χ3v) is 2.95. The summed E-state index contributed by atoms with van der Waals surface area (Å²) in [5.41, 5.74) is 0. The minimum Gasteiger partial charge on any atom is -0.481 e. The van der Waals surface area contributed by atoms with Crippen molar-refractivity contribution in [1.29, 1.82) is 0 Å². The molecule has 0 aromatic carbocycles. The van der Waals surface area contributed by atoms with Crippen LogP contribution in [0.4, 0.5) is 13.2 Å². The first-order valence-corrected chi connectivity index (χ1v) is 5.39. The molecule has 0 unspecified atom stereocenters. The van der Waals surface area contributed by atoms with Gasteiger partial charge in [-0.2, -0.15) is 13.2 Å². The van der Waals surface area contributed by atoms with E-state index in [9.17, 15) is 18.0 Å². The normalized spacial score (nSPS) is 26.7. The number of alkyl halides is 3. The van der Waals surface area contributed by atoms with E-state index >= 15 is 0 Å². The molecule has 0 spiro atoms. The average Bonchev–Trinajstić information content (AvgIpc) is 2.16. The molecular formula is C10H16F3NO2. The van der Waals surface area contributed by atoms with Crippen molar-refractivity contribution >= 4 is 5.97 Å². The standard InChI is InChI=1S/C10H16F3NO2/c11-10(12,13)6-14-5-7-1-3-8(4-2-7)9(15)16/h7-8,14H,1-6H2,(H,15,16). The van der Waals surface area contributed by atoms with Crippen molar-refractivity contribution < 1.29 is 23.1 Å². The highest BCUT2D eigenvalue weighted by Gasteiger charge is 2.28. The summed E-state index contributed by atoms with van der Waals surface area (Å²) in [6.45, 7) is -0.641. The Balaban J connectivity index is 2.15. The van der Waals surface area contributed by atoms with E-state index < -0.39 is 18.7 Å². The van der Waals surface area contributed by atoms with Gasteiger partial charge < -0.3 is 10.4 Å². The third-order valence-electron chi connectivity index (χ3n) is 2.95. The van der Waals surface area contributed by atoms with E-state index in [4.69, 9.17) is 5.11 Å².